The van der Waals surface area contributed by atoms with E-state index in [0.717, 1.165) is 4.88 Å². The molecule has 1 unspecified atom stereocenters. The van der Waals surface area contributed by atoms with E-state index >= 15 is 0 Å². The molecule has 0 aromatic carbocycles. The Morgan fingerprint density at radius 2 is 1.85 bits per heavy atom. The molecule has 2 aliphatic rings. The van der Waals surface area contributed by atoms with Crippen LogP contribution in [0.4, 0.5) is 11.8 Å². The van der Waals surface area contributed by atoms with Crippen molar-refractivity contribution in [3.05, 3.63) is 51.7 Å². The van der Waals surface area contributed by atoms with Crippen LogP contribution in [0.5, 0.6) is 0 Å². The summed E-state index contributed by atoms with van der Waals surface area (Å²) in [5, 5.41) is 25.9. The molecule has 5 aromatic rings. The number of imidazole rings is 2. The number of nitrogens with zero attached hydrogens (tertiary/aromatic N) is 7. The van der Waals surface area contributed by atoms with E-state index in [-0.39, 0.29) is 48.9 Å². The number of thiophene rings is 1. The number of nitrogen functional groups attached to an aromatic ring is 2. The highest BCUT2D eigenvalue weighted by atomic mass is 32.1. The maximum atomic E-state index is 14.3. The molecule has 7 heterocycles. The lowest BCUT2D eigenvalue weighted by Gasteiger charge is -2.26. The summed E-state index contributed by atoms with van der Waals surface area (Å²) in [7, 11) is -4.10. The lowest BCUT2D eigenvalue weighted by Crippen LogP contribution is -2.32. The normalized spacial score (nSPS) is 26.0. The fourth-order valence-electron chi connectivity index (χ4n) is 5.65. The molecule has 2 aliphatic heterocycles. The second-order valence-corrected chi connectivity index (χ2v) is 13.8. The first-order valence-corrected chi connectivity index (χ1v) is 17.1. The number of aromatic nitrogens is 8. The SMILES string of the molecule is Nc1nc2c(ncn2[C@H]2C[C@H](O)[C@@H](COP(=O)(NCCc3cccs3)O[C@H]3C[C@H](n4cnc5c(N)ncnc54)O[C@@H]3CO)O2)c(=O)[nH]1. The Balaban J connectivity index is 1.07. The summed E-state index contributed by atoms with van der Waals surface area (Å²) in [6, 6.07) is 3.88. The molecule has 7 rings (SSSR count). The average molecular weight is 690 g/mol. The van der Waals surface area contributed by atoms with Gasteiger partial charge in [0.05, 0.1) is 32.0 Å². The number of fused-ring (bicyclic) bond motifs is 2. The molecule has 0 bridgehead atoms. The van der Waals surface area contributed by atoms with Crippen LogP contribution in [0, 0.1) is 0 Å². The summed E-state index contributed by atoms with van der Waals surface area (Å²) in [5.41, 5.74) is 12.2. The molecule has 2 fully saturated rings. The van der Waals surface area contributed by atoms with Crippen LogP contribution in [0.15, 0.2) is 41.3 Å². The zero-order valence-electron chi connectivity index (χ0n) is 24.7. The van der Waals surface area contributed by atoms with E-state index in [1.54, 1.807) is 15.9 Å². The summed E-state index contributed by atoms with van der Waals surface area (Å²) in [4.78, 5) is 36.4. The van der Waals surface area contributed by atoms with Gasteiger partial charge in [0.2, 0.25) is 5.95 Å². The van der Waals surface area contributed by atoms with Gasteiger partial charge in [-0.3, -0.25) is 28.0 Å². The summed E-state index contributed by atoms with van der Waals surface area (Å²) < 4.78 is 41.5. The third-order valence-corrected chi connectivity index (χ3v) is 10.5. The van der Waals surface area contributed by atoms with Gasteiger partial charge in [-0.2, -0.15) is 4.98 Å². The van der Waals surface area contributed by atoms with Gasteiger partial charge in [-0.25, -0.2) is 29.6 Å². The van der Waals surface area contributed by atoms with Crippen molar-refractivity contribution in [2.75, 3.05) is 31.2 Å². The van der Waals surface area contributed by atoms with E-state index in [1.165, 1.54) is 23.5 Å². The second kappa shape index (κ2) is 13.0. The lowest BCUT2D eigenvalue weighted by molar-refractivity contribution is -0.0508. The first kappa shape index (κ1) is 31.7. The molecule has 8 N–H and O–H groups in total. The number of anilines is 2. The molecular formula is C26H32N11O8PS. The average Bonchev–Trinajstić information content (AvgIpc) is 3.87. The molecule has 0 saturated carbocycles. The molecule has 0 spiro atoms. The third kappa shape index (κ3) is 6.39. The van der Waals surface area contributed by atoms with Crippen molar-refractivity contribution in [3.63, 3.8) is 0 Å². The molecule has 19 nitrogen and oxygen atoms in total. The number of ether oxygens (including phenoxy) is 2. The Labute approximate surface area is 269 Å². The quantitative estimate of drug-likeness (QED) is 0.0971. The largest absolute Gasteiger partial charge is 0.405 e. The standard InChI is InChI=1S/C26H32N11O8PS/c27-22-20-23(30-10-29-22)36(11-31-20)19-7-15(16(8-38)43-19)45-46(41,33-4-3-13-2-1-5-47-13)42-9-17-14(39)6-18(44-17)37-12-32-21-24(37)34-26(28)35-25(21)40/h1-2,5,10-12,14-19,38-39H,3-4,6-9H2,(H,33,41)(H2,27,29,30)(H3,28,34,35,40)/t14-,15-,16+,17+,18+,19+,46?/m0/s1. The van der Waals surface area contributed by atoms with Crippen LogP contribution >= 0.6 is 19.1 Å². The molecule has 7 atom stereocenters. The van der Waals surface area contributed by atoms with Crippen molar-refractivity contribution in [2.45, 2.75) is 56.1 Å². The van der Waals surface area contributed by atoms with Crippen LogP contribution in [0.25, 0.3) is 22.3 Å². The fourth-order valence-corrected chi connectivity index (χ4v) is 7.89. The number of aliphatic hydroxyl groups excluding tert-OH is 2. The molecule has 5 aromatic heterocycles. The van der Waals surface area contributed by atoms with Crippen LogP contribution in [0.1, 0.15) is 30.2 Å². The Kier molecular flexibility index (Phi) is 8.76. The number of rotatable bonds is 12. The van der Waals surface area contributed by atoms with E-state index < -0.39 is 56.8 Å². The van der Waals surface area contributed by atoms with Crippen molar-refractivity contribution >= 4 is 53.2 Å². The van der Waals surface area contributed by atoms with Crippen molar-refractivity contribution < 1.29 is 33.3 Å². The first-order chi connectivity index (χ1) is 22.7. The second-order valence-electron chi connectivity index (χ2n) is 11.0. The maximum absolute atomic E-state index is 14.3. The van der Waals surface area contributed by atoms with Crippen LogP contribution in [0.2, 0.25) is 0 Å². The predicted octanol–water partition coefficient (Wildman–Crippen LogP) is 0.456. The number of hydrogen-bond donors (Lipinski definition) is 6. The number of aliphatic hydroxyl groups is 2. The summed E-state index contributed by atoms with van der Waals surface area (Å²) in [6.07, 6.45) is -0.0548. The Morgan fingerprint density at radius 1 is 1.09 bits per heavy atom. The van der Waals surface area contributed by atoms with Gasteiger partial charge >= 0.3 is 7.75 Å². The zero-order chi connectivity index (χ0) is 32.7. The van der Waals surface area contributed by atoms with E-state index in [4.69, 9.17) is 30.0 Å². The van der Waals surface area contributed by atoms with Gasteiger partial charge < -0.3 is 31.2 Å². The molecule has 250 valence electrons. The fraction of sp³-hybridized carbons (Fsp3) is 0.462. The Morgan fingerprint density at radius 3 is 2.64 bits per heavy atom. The van der Waals surface area contributed by atoms with Gasteiger partial charge in [-0.15, -0.1) is 11.3 Å². The topological polar surface area (TPSA) is 266 Å². The molecule has 21 heteroatoms. The van der Waals surface area contributed by atoms with Gasteiger partial charge in [0, 0.05) is 24.3 Å². The van der Waals surface area contributed by atoms with Gasteiger partial charge in [0.15, 0.2) is 22.6 Å². The summed E-state index contributed by atoms with van der Waals surface area (Å²) in [5.74, 6) is 0.118. The van der Waals surface area contributed by atoms with Crippen molar-refractivity contribution in [2.24, 2.45) is 0 Å². The highest BCUT2D eigenvalue weighted by Gasteiger charge is 2.44. The maximum Gasteiger partial charge on any atom is 0.405 e. The van der Waals surface area contributed by atoms with Crippen LogP contribution in [0.3, 0.4) is 0 Å². The Bertz CT molecular complexity index is 1970. The third-order valence-electron chi connectivity index (χ3n) is 7.96. The monoisotopic (exact) mass is 689 g/mol. The predicted molar refractivity (Wildman–Crippen MR) is 167 cm³/mol. The van der Waals surface area contributed by atoms with E-state index in [1.807, 2.05) is 17.5 Å². The van der Waals surface area contributed by atoms with E-state index in [9.17, 15) is 19.6 Å². The van der Waals surface area contributed by atoms with Crippen molar-refractivity contribution in [1.82, 2.24) is 44.1 Å². The number of nitrogens with one attached hydrogen (secondary N) is 2. The minimum Gasteiger partial charge on any atom is -0.394 e. The molecule has 0 aliphatic carbocycles. The number of H-pyrrole nitrogens is 1. The molecular weight excluding hydrogens is 657 g/mol. The van der Waals surface area contributed by atoms with E-state index in [2.05, 4.69) is 35.0 Å². The minimum atomic E-state index is -4.10. The van der Waals surface area contributed by atoms with Crippen molar-refractivity contribution in [3.8, 4) is 0 Å². The smallest absolute Gasteiger partial charge is 0.394 e. The van der Waals surface area contributed by atoms with Gasteiger partial charge in [0.25, 0.3) is 5.56 Å². The molecule has 0 amide bonds. The van der Waals surface area contributed by atoms with Gasteiger partial charge in [-0.1, -0.05) is 6.07 Å². The number of nitrogens with two attached hydrogens (primary N) is 2. The molecule has 2 saturated heterocycles. The summed E-state index contributed by atoms with van der Waals surface area (Å²) in [6.45, 7) is -0.486. The summed E-state index contributed by atoms with van der Waals surface area (Å²) >= 11 is 1.56. The number of hydrogen-bond acceptors (Lipinski definition) is 16. The highest BCUT2D eigenvalue weighted by molar-refractivity contribution is 7.51. The lowest BCUT2D eigenvalue weighted by atomic mass is 10.2. The minimum absolute atomic E-state index is 0.0694. The zero-order valence-corrected chi connectivity index (χ0v) is 26.4. The number of aromatic amines is 1. The van der Waals surface area contributed by atoms with Crippen LogP contribution < -0.4 is 22.1 Å². The van der Waals surface area contributed by atoms with E-state index in [0.29, 0.717) is 17.6 Å². The first-order valence-electron chi connectivity index (χ1n) is 14.7. The van der Waals surface area contributed by atoms with Crippen molar-refractivity contribution in [1.29, 1.82) is 0 Å². The van der Waals surface area contributed by atoms with Gasteiger partial charge in [-0.05, 0) is 17.9 Å². The van der Waals surface area contributed by atoms with Gasteiger partial charge in [0.1, 0.15) is 42.6 Å². The highest BCUT2D eigenvalue weighted by Crippen LogP contribution is 2.49. The Hall–Kier alpha value is -3.85. The molecule has 0 radical (unpaired) electrons. The molecule has 47 heavy (non-hydrogen) atoms. The van der Waals surface area contributed by atoms with Crippen LogP contribution in [-0.4, -0.2) is 93.4 Å². The van der Waals surface area contributed by atoms with Crippen LogP contribution in [-0.2, 0) is 29.5 Å².